The zero-order valence-corrected chi connectivity index (χ0v) is 13.2. The van der Waals surface area contributed by atoms with Gasteiger partial charge < -0.3 is 5.32 Å². The number of hydrogen-bond donors (Lipinski definition) is 1. The van der Waals surface area contributed by atoms with Gasteiger partial charge in [-0.25, -0.2) is 8.42 Å². The first-order chi connectivity index (χ1) is 8.91. The highest BCUT2D eigenvalue weighted by molar-refractivity contribution is 7.91. The quantitative estimate of drug-likeness (QED) is 0.842. The summed E-state index contributed by atoms with van der Waals surface area (Å²) in [6.07, 6.45) is 1.99. The van der Waals surface area contributed by atoms with Crippen LogP contribution in [-0.4, -0.2) is 56.5 Å². The van der Waals surface area contributed by atoms with Crippen LogP contribution in [0, 0.1) is 11.8 Å². The predicted molar refractivity (Wildman–Crippen MR) is 79.0 cm³/mol. The zero-order valence-electron chi connectivity index (χ0n) is 12.4. The second kappa shape index (κ2) is 6.10. The van der Waals surface area contributed by atoms with E-state index in [4.69, 9.17) is 0 Å². The van der Waals surface area contributed by atoms with Crippen LogP contribution in [-0.2, 0) is 9.84 Å². The van der Waals surface area contributed by atoms with E-state index < -0.39 is 9.84 Å². The van der Waals surface area contributed by atoms with Gasteiger partial charge in [0.25, 0.3) is 0 Å². The Hall–Kier alpha value is -0.130. The maximum Gasteiger partial charge on any atom is 0.150 e. The second-order valence-electron chi connectivity index (χ2n) is 6.54. The molecule has 0 saturated carbocycles. The third kappa shape index (κ3) is 3.92. The van der Waals surface area contributed by atoms with E-state index in [0.717, 1.165) is 32.5 Å². The third-order valence-electron chi connectivity index (χ3n) is 4.66. The lowest BCUT2D eigenvalue weighted by Crippen LogP contribution is -2.58. The number of rotatable bonds is 4. The van der Waals surface area contributed by atoms with Crippen LogP contribution in [0.3, 0.4) is 0 Å². The summed E-state index contributed by atoms with van der Waals surface area (Å²) >= 11 is 0. The average molecular weight is 288 g/mol. The first-order valence-electron chi connectivity index (χ1n) is 7.59. The first kappa shape index (κ1) is 15.3. The summed E-state index contributed by atoms with van der Waals surface area (Å²) in [6.45, 7) is 9.79. The van der Waals surface area contributed by atoms with Gasteiger partial charge in [-0.1, -0.05) is 20.8 Å². The normalized spacial score (nSPS) is 35.9. The lowest BCUT2D eigenvalue weighted by Gasteiger charge is -2.42. The predicted octanol–water partition coefficient (Wildman–Crippen LogP) is 1.13. The molecule has 4 nitrogen and oxygen atoms in total. The molecule has 0 spiro atoms. The standard InChI is InChI=1S/C14H28N2O2S/c1-4-13-7-15-14(11(2)3)9-16(13)8-12-5-6-19(17,18)10-12/h11-15H,4-10H2,1-3H3. The fourth-order valence-corrected chi connectivity index (χ4v) is 5.15. The summed E-state index contributed by atoms with van der Waals surface area (Å²) in [5, 5.41) is 3.63. The van der Waals surface area contributed by atoms with E-state index in [1.54, 1.807) is 0 Å². The van der Waals surface area contributed by atoms with Crippen molar-refractivity contribution in [2.24, 2.45) is 11.8 Å². The zero-order chi connectivity index (χ0) is 14.0. The van der Waals surface area contributed by atoms with Crippen molar-refractivity contribution in [3.63, 3.8) is 0 Å². The van der Waals surface area contributed by atoms with Gasteiger partial charge in [0.1, 0.15) is 0 Å². The number of hydrogen-bond acceptors (Lipinski definition) is 4. The lowest BCUT2D eigenvalue weighted by molar-refractivity contribution is 0.0964. The molecule has 2 aliphatic heterocycles. The largest absolute Gasteiger partial charge is 0.311 e. The van der Waals surface area contributed by atoms with Gasteiger partial charge in [0.05, 0.1) is 11.5 Å². The van der Waals surface area contributed by atoms with E-state index in [9.17, 15) is 8.42 Å². The molecule has 5 heteroatoms. The molecule has 0 aromatic heterocycles. The minimum Gasteiger partial charge on any atom is -0.311 e. The van der Waals surface area contributed by atoms with E-state index in [-0.39, 0.29) is 0 Å². The van der Waals surface area contributed by atoms with Crippen LogP contribution < -0.4 is 5.32 Å². The molecule has 0 aromatic rings. The molecule has 2 aliphatic rings. The fourth-order valence-electron chi connectivity index (χ4n) is 3.30. The van der Waals surface area contributed by atoms with Crippen molar-refractivity contribution in [1.82, 2.24) is 10.2 Å². The molecule has 1 N–H and O–H groups in total. The highest BCUT2D eigenvalue weighted by atomic mass is 32.2. The molecule has 0 aromatic carbocycles. The van der Waals surface area contributed by atoms with Crippen molar-refractivity contribution >= 4 is 9.84 Å². The van der Waals surface area contributed by atoms with Crippen molar-refractivity contribution in [3.05, 3.63) is 0 Å². The Morgan fingerprint density at radius 2 is 2.11 bits per heavy atom. The molecular formula is C14H28N2O2S. The Bertz CT molecular complexity index is 394. The molecule has 0 bridgehead atoms. The van der Waals surface area contributed by atoms with Crippen molar-refractivity contribution in [3.8, 4) is 0 Å². The van der Waals surface area contributed by atoms with Gasteiger partial charge in [0.2, 0.25) is 0 Å². The van der Waals surface area contributed by atoms with Crippen LogP contribution in [0.15, 0.2) is 0 Å². The fraction of sp³-hybridized carbons (Fsp3) is 1.00. The van der Waals surface area contributed by atoms with E-state index in [1.807, 2.05) is 0 Å². The monoisotopic (exact) mass is 288 g/mol. The lowest BCUT2D eigenvalue weighted by atomic mass is 9.97. The Labute approximate surface area is 117 Å². The molecule has 3 atom stereocenters. The summed E-state index contributed by atoms with van der Waals surface area (Å²) < 4.78 is 23.2. The van der Waals surface area contributed by atoms with Crippen molar-refractivity contribution < 1.29 is 8.42 Å². The van der Waals surface area contributed by atoms with Crippen LogP contribution in [0.2, 0.25) is 0 Å². The molecule has 0 amide bonds. The highest BCUT2D eigenvalue weighted by Gasteiger charge is 2.34. The molecule has 2 rings (SSSR count). The summed E-state index contributed by atoms with van der Waals surface area (Å²) in [7, 11) is -2.74. The minimum atomic E-state index is -2.74. The maximum absolute atomic E-state index is 11.6. The Morgan fingerprint density at radius 3 is 2.63 bits per heavy atom. The molecule has 2 heterocycles. The summed E-state index contributed by atoms with van der Waals surface area (Å²) in [5.41, 5.74) is 0. The molecule has 0 radical (unpaired) electrons. The molecule has 112 valence electrons. The molecule has 2 fully saturated rings. The maximum atomic E-state index is 11.6. The SMILES string of the molecule is CCC1CNC(C(C)C)CN1CC1CCS(=O)(=O)C1. The van der Waals surface area contributed by atoms with E-state index in [0.29, 0.717) is 35.4 Å². The van der Waals surface area contributed by atoms with Crippen molar-refractivity contribution in [2.45, 2.75) is 45.7 Å². The van der Waals surface area contributed by atoms with Gasteiger partial charge in [-0.05, 0) is 24.7 Å². The Balaban J connectivity index is 1.95. The van der Waals surface area contributed by atoms with Crippen molar-refractivity contribution in [1.29, 1.82) is 0 Å². The van der Waals surface area contributed by atoms with Crippen LogP contribution in [0.1, 0.15) is 33.6 Å². The van der Waals surface area contributed by atoms with Gasteiger partial charge in [0.15, 0.2) is 9.84 Å². The number of piperazine rings is 1. The van der Waals surface area contributed by atoms with E-state index >= 15 is 0 Å². The highest BCUT2D eigenvalue weighted by Crippen LogP contribution is 2.23. The van der Waals surface area contributed by atoms with Crippen molar-refractivity contribution in [2.75, 3.05) is 31.1 Å². The van der Waals surface area contributed by atoms with Gasteiger partial charge in [0, 0.05) is 31.7 Å². The third-order valence-corrected chi connectivity index (χ3v) is 6.50. The first-order valence-corrected chi connectivity index (χ1v) is 9.41. The average Bonchev–Trinajstić information content (AvgIpc) is 2.68. The molecule has 19 heavy (non-hydrogen) atoms. The van der Waals surface area contributed by atoms with E-state index in [1.165, 1.54) is 0 Å². The van der Waals surface area contributed by atoms with Crippen LogP contribution in [0.25, 0.3) is 0 Å². The van der Waals surface area contributed by atoms with Gasteiger partial charge in [-0.15, -0.1) is 0 Å². The molecular weight excluding hydrogens is 260 g/mol. The summed E-state index contributed by atoms with van der Waals surface area (Å²) in [4.78, 5) is 2.53. The summed E-state index contributed by atoms with van der Waals surface area (Å²) in [5.74, 6) is 1.78. The molecule has 2 saturated heterocycles. The number of sulfone groups is 1. The van der Waals surface area contributed by atoms with Crippen LogP contribution in [0.5, 0.6) is 0 Å². The smallest absolute Gasteiger partial charge is 0.150 e. The molecule has 0 aliphatic carbocycles. The number of nitrogens with one attached hydrogen (secondary N) is 1. The van der Waals surface area contributed by atoms with Crippen LogP contribution in [0.4, 0.5) is 0 Å². The van der Waals surface area contributed by atoms with Gasteiger partial charge >= 0.3 is 0 Å². The molecule has 3 unspecified atom stereocenters. The van der Waals surface area contributed by atoms with E-state index in [2.05, 4.69) is 31.0 Å². The number of nitrogens with zero attached hydrogens (tertiary/aromatic N) is 1. The topological polar surface area (TPSA) is 49.4 Å². The second-order valence-corrected chi connectivity index (χ2v) is 8.77. The van der Waals surface area contributed by atoms with Crippen LogP contribution >= 0.6 is 0 Å². The summed E-state index contributed by atoms with van der Waals surface area (Å²) in [6, 6.07) is 1.11. The van der Waals surface area contributed by atoms with Gasteiger partial charge in [-0.3, -0.25) is 4.90 Å². The minimum absolute atomic E-state index is 0.352. The Kier molecular flexibility index (Phi) is 4.90. The van der Waals surface area contributed by atoms with Gasteiger partial charge in [-0.2, -0.15) is 0 Å². The Morgan fingerprint density at radius 1 is 1.37 bits per heavy atom.